The largest absolute Gasteiger partial charge is 0.497 e. The maximum absolute atomic E-state index is 5.66. The Kier molecular flexibility index (Phi) is 5.64. The van der Waals surface area contributed by atoms with Crippen molar-refractivity contribution in [1.29, 1.82) is 0 Å². The topological polar surface area (TPSA) is 44.2 Å². The van der Waals surface area contributed by atoms with Crippen LogP contribution in [0.25, 0.3) is 16.8 Å². The zero-order valence-corrected chi connectivity index (χ0v) is 19.6. The van der Waals surface area contributed by atoms with Crippen LogP contribution in [0, 0.1) is 5.41 Å². The van der Waals surface area contributed by atoms with E-state index < -0.39 is 5.41 Å². The van der Waals surface area contributed by atoms with E-state index in [1.807, 2.05) is 42.5 Å². The minimum atomic E-state index is -0.474. The highest BCUT2D eigenvalue weighted by Gasteiger charge is 2.31. The van der Waals surface area contributed by atoms with E-state index in [-0.39, 0.29) is 5.41 Å². The van der Waals surface area contributed by atoms with Crippen LogP contribution in [-0.2, 0) is 5.41 Å². The summed E-state index contributed by atoms with van der Waals surface area (Å²) in [6.45, 7) is 8.68. The third kappa shape index (κ3) is 4.05. The van der Waals surface area contributed by atoms with Gasteiger partial charge >= 0.3 is 0 Å². The lowest BCUT2D eigenvalue weighted by Gasteiger charge is -2.27. The summed E-state index contributed by atoms with van der Waals surface area (Å²) in [5.41, 5.74) is 5.26. The molecule has 4 nitrogen and oxygen atoms in total. The van der Waals surface area contributed by atoms with E-state index in [1.54, 1.807) is 14.2 Å². The standard InChI is InChI=1S/C28H30N2O2/c1-27(2)14-10-13-22(27)24-16-21(32-6)18-26(30-24)28(3,4)25-17-20(31-5)15-23(29-25)19-11-8-7-9-12-19/h7-18H,1-6H3. The molecule has 4 rings (SSSR count). The van der Waals surface area contributed by atoms with Gasteiger partial charge in [0.1, 0.15) is 11.5 Å². The first-order chi connectivity index (χ1) is 15.2. The van der Waals surface area contributed by atoms with E-state index in [4.69, 9.17) is 19.4 Å². The van der Waals surface area contributed by atoms with Crippen LogP contribution in [0.4, 0.5) is 0 Å². The van der Waals surface area contributed by atoms with Crippen LogP contribution in [0.3, 0.4) is 0 Å². The van der Waals surface area contributed by atoms with Gasteiger partial charge in [0.15, 0.2) is 0 Å². The smallest absolute Gasteiger partial charge is 0.122 e. The lowest BCUT2D eigenvalue weighted by Crippen LogP contribution is -2.23. The van der Waals surface area contributed by atoms with Crippen LogP contribution in [-0.4, -0.2) is 24.2 Å². The molecule has 3 aromatic rings. The molecule has 0 atom stereocenters. The molecule has 0 bridgehead atoms. The van der Waals surface area contributed by atoms with Gasteiger partial charge in [-0.2, -0.15) is 0 Å². The second kappa shape index (κ2) is 8.27. The van der Waals surface area contributed by atoms with Gasteiger partial charge in [-0.25, -0.2) is 0 Å². The average molecular weight is 427 g/mol. The number of allylic oxidation sites excluding steroid dienone is 4. The molecule has 2 heterocycles. The number of benzene rings is 1. The Morgan fingerprint density at radius 1 is 0.781 bits per heavy atom. The summed E-state index contributed by atoms with van der Waals surface area (Å²) >= 11 is 0. The van der Waals surface area contributed by atoms with Gasteiger partial charge in [-0.3, -0.25) is 9.97 Å². The highest BCUT2D eigenvalue weighted by molar-refractivity contribution is 5.74. The minimum Gasteiger partial charge on any atom is -0.497 e. The maximum atomic E-state index is 5.66. The Morgan fingerprint density at radius 3 is 1.88 bits per heavy atom. The van der Waals surface area contributed by atoms with Crippen molar-refractivity contribution in [1.82, 2.24) is 9.97 Å². The molecule has 0 aliphatic heterocycles. The second-order valence-corrected chi connectivity index (χ2v) is 9.21. The van der Waals surface area contributed by atoms with Crippen LogP contribution in [0.5, 0.6) is 11.5 Å². The van der Waals surface area contributed by atoms with E-state index in [9.17, 15) is 0 Å². The molecule has 0 unspecified atom stereocenters. The number of ether oxygens (including phenoxy) is 2. The third-order valence-electron chi connectivity index (χ3n) is 6.17. The summed E-state index contributed by atoms with van der Waals surface area (Å²) < 4.78 is 11.3. The molecule has 2 aromatic heterocycles. The Morgan fingerprint density at radius 2 is 1.34 bits per heavy atom. The molecule has 0 saturated heterocycles. The van der Waals surface area contributed by atoms with E-state index in [0.29, 0.717) is 0 Å². The second-order valence-electron chi connectivity index (χ2n) is 9.21. The molecular formula is C28H30N2O2. The quantitative estimate of drug-likeness (QED) is 0.453. The maximum Gasteiger partial charge on any atom is 0.122 e. The van der Waals surface area contributed by atoms with Crippen LogP contribution < -0.4 is 9.47 Å². The first-order valence-electron chi connectivity index (χ1n) is 10.8. The summed E-state index contributed by atoms with van der Waals surface area (Å²) in [5.74, 6) is 1.56. The van der Waals surface area contributed by atoms with Crippen LogP contribution >= 0.6 is 0 Å². The predicted octanol–water partition coefficient (Wildman–Crippen LogP) is 6.47. The van der Waals surface area contributed by atoms with E-state index >= 15 is 0 Å². The van der Waals surface area contributed by atoms with E-state index in [0.717, 1.165) is 39.8 Å². The van der Waals surface area contributed by atoms with Gasteiger partial charge in [-0.1, -0.05) is 62.4 Å². The number of rotatable bonds is 6. The molecule has 0 N–H and O–H groups in total. The van der Waals surface area contributed by atoms with Gasteiger partial charge in [0.2, 0.25) is 0 Å². The molecule has 0 spiro atoms. The third-order valence-corrected chi connectivity index (χ3v) is 6.17. The van der Waals surface area contributed by atoms with Crippen molar-refractivity contribution in [3.05, 3.63) is 89.9 Å². The number of hydrogen-bond acceptors (Lipinski definition) is 4. The molecule has 0 amide bonds. The number of methoxy groups -OCH3 is 2. The Balaban J connectivity index is 1.84. The van der Waals surface area contributed by atoms with Gasteiger partial charge in [-0.15, -0.1) is 0 Å². The van der Waals surface area contributed by atoms with Crippen molar-refractivity contribution in [2.75, 3.05) is 14.2 Å². The van der Waals surface area contributed by atoms with Gasteiger partial charge in [0.05, 0.1) is 37.0 Å². The van der Waals surface area contributed by atoms with Crippen LogP contribution in [0.1, 0.15) is 44.8 Å². The fourth-order valence-corrected chi connectivity index (χ4v) is 4.02. The minimum absolute atomic E-state index is 0.0739. The summed E-state index contributed by atoms with van der Waals surface area (Å²) in [6.07, 6.45) is 6.43. The SMILES string of the molecule is COc1cc(C2=CC=CC2(C)C)nc(C(C)(C)c2cc(OC)cc(-c3ccccc3)n2)c1. The number of nitrogens with zero attached hydrogens (tertiary/aromatic N) is 2. The summed E-state index contributed by atoms with van der Waals surface area (Å²) in [6, 6.07) is 18.1. The van der Waals surface area contributed by atoms with Gasteiger partial charge in [0, 0.05) is 40.7 Å². The molecule has 1 aliphatic rings. The summed E-state index contributed by atoms with van der Waals surface area (Å²) in [4.78, 5) is 10.1. The molecule has 1 aliphatic carbocycles. The molecule has 164 valence electrons. The normalized spacial score (nSPS) is 14.9. The van der Waals surface area contributed by atoms with Gasteiger partial charge in [0.25, 0.3) is 0 Å². The van der Waals surface area contributed by atoms with Crippen LogP contribution in [0.2, 0.25) is 0 Å². The fraction of sp³-hybridized carbons (Fsp3) is 0.286. The lowest BCUT2D eigenvalue weighted by molar-refractivity contribution is 0.409. The Hall–Kier alpha value is -3.40. The highest BCUT2D eigenvalue weighted by Crippen LogP contribution is 2.41. The van der Waals surface area contributed by atoms with Crippen molar-refractivity contribution in [3.8, 4) is 22.8 Å². The fourth-order valence-electron chi connectivity index (χ4n) is 4.02. The highest BCUT2D eigenvalue weighted by atomic mass is 16.5. The molecule has 32 heavy (non-hydrogen) atoms. The number of pyridine rings is 2. The van der Waals surface area contributed by atoms with Crippen molar-refractivity contribution >= 4 is 5.57 Å². The molecular weight excluding hydrogens is 396 g/mol. The number of aromatic nitrogens is 2. The van der Waals surface area contributed by atoms with Crippen molar-refractivity contribution in [2.45, 2.75) is 33.1 Å². The summed E-state index contributed by atoms with van der Waals surface area (Å²) in [7, 11) is 3.38. The molecule has 0 saturated carbocycles. The zero-order chi connectivity index (χ0) is 22.9. The molecule has 4 heteroatoms. The first-order valence-corrected chi connectivity index (χ1v) is 10.8. The van der Waals surface area contributed by atoms with E-state index in [2.05, 4.69) is 58.1 Å². The monoisotopic (exact) mass is 426 g/mol. The van der Waals surface area contributed by atoms with Crippen molar-refractivity contribution < 1.29 is 9.47 Å². The molecule has 1 aromatic carbocycles. The molecule has 0 radical (unpaired) electrons. The number of hydrogen-bond donors (Lipinski definition) is 0. The van der Waals surface area contributed by atoms with Gasteiger partial charge in [-0.05, 0) is 19.4 Å². The first kappa shape index (κ1) is 21.8. The molecule has 0 fully saturated rings. The van der Waals surface area contributed by atoms with Gasteiger partial charge < -0.3 is 9.47 Å². The Bertz CT molecular complexity index is 1190. The Labute approximate surface area is 190 Å². The zero-order valence-electron chi connectivity index (χ0n) is 19.6. The van der Waals surface area contributed by atoms with Crippen molar-refractivity contribution in [3.63, 3.8) is 0 Å². The average Bonchev–Trinajstić information content (AvgIpc) is 3.17. The van der Waals surface area contributed by atoms with Crippen LogP contribution in [0.15, 0.2) is 72.8 Å². The lowest BCUT2D eigenvalue weighted by atomic mass is 9.82. The predicted molar refractivity (Wildman–Crippen MR) is 130 cm³/mol. The van der Waals surface area contributed by atoms with Crippen molar-refractivity contribution in [2.24, 2.45) is 5.41 Å². The summed E-state index contributed by atoms with van der Waals surface area (Å²) in [5, 5.41) is 0. The van der Waals surface area contributed by atoms with E-state index in [1.165, 1.54) is 5.57 Å².